The van der Waals surface area contributed by atoms with E-state index in [1.165, 1.54) is 0 Å². The molecule has 2 unspecified atom stereocenters. The smallest absolute Gasteiger partial charge is 0.365 e. The van der Waals surface area contributed by atoms with Crippen LogP contribution in [-0.2, 0) is 49.3 Å². The van der Waals surface area contributed by atoms with Crippen molar-refractivity contribution >= 4 is 32.4 Å². The molecule has 0 spiro atoms. The van der Waals surface area contributed by atoms with Crippen LogP contribution in [0.25, 0.3) is 0 Å². The molecule has 0 saturated carbocycles. The predicted molar refractivity (Wildman–Crippen MR) is 72.8 cm³/mol. The Labute approximate surface area is 137 Å². The number of halogens is 2. The van der Waals surface area contributed by atoms with E-state index in [1.807, 2.05) is 0 Å². The zero-order valence-electron chi connectivity index (χ0n) is 12.6. The normalized spacial score (nSPS) is 14.7. The molecular weight excluding hydrogens is 382 g/mol. The van der Waals surface area contributed by atoms with Crippen molar-refractivity contribution in [1.82, 2.24) is 0 Å². The number of ether oxygens (including phenoxy) is 2. The maximum atomic E-state index is 12.2. The third-order valence-corrected chi connectivity index (χ3v) is 3.57. The van der Waals surface area contributed by atoms with Crippen molar-refractivity contribution in [2.75, 3.05) is 24.7 Å². The highest BCUT2D eigenvalue weighted by Gasteiger charge is 2.23. The fraction of sp³-hybridized carbons (Fsp3) is 0.800. The second-order valence-electron chi connectivity index (χ2n) is 4.32. The first-order valence-corrected chi connectivity index (χ1v) is 9.42. The fourth-order valence-corrected chi connectivity index (χ4v) is 1.59. The van der Waals surface area contributed by atoms with Gasteiger partial charge in [0, 0.05) is 0 Å². The van der Waals surface area contributed by atoms with E-state index in [-0.39, 0.29) is 0 Å². The summed E-state index contributed by atoms with van der Waals surface area (Å²) in [5.41, 5.74) is 0. The molecule has 142 valence electrons. The van der Waals surface area contributed by atoms with Gasteiger partial charge in [0.2, 0.25) is 0 Å². The van der Waals surface area contributed by atoms with Crippen LogP contribution in [0.5, 0.6) is 0 Å². The Morgan fingerprint density at radius 1 is 0.792 bits per heavy atom. The van der Waals surface area contributed by atoms with Crippen molar-refractivity contribution in [3.05, 3.63) is 0 Å². The summed E-state index contributed by atoms with van der Waals surface area (Å²) >= 11 is 0. The van der Waals surface area contributed by atoms with E-state index in [4.69, 9.17) is 0 Å². The summed E-state index contributed by atoms with van der Waals surface area (Å²) in [6, 6.07) is 0. The molecule has 0 saturated heterocycles. The predicted octanol–water partition coefficient (Wildman–Crippen LogP) is -0.603. The van der Waals surface area contributed by atoms with E-state index in [9.17, 15) is 34.2 Å². The van der Waals surface area contributed by atoms with Crippen LogP contribution in [0.1, 0.15) is 13.8 Å². The van der Waals surface area contributed by atoms with Gasteiger partial charge in [-0.2, -0.15) is 16.8 Å². The van der Waals surface area contributed by atoms with Crippen LogP contribution in [0.3, 0.4) is 0 Å². The SMILES string of the molecule is CC(OCCS(=O)(=O)F)C(=O)OOC(=O)C(C)OCCS(=O)(=O)F. The molecule has 0 bridgehead atoms. The molecule has 0 fully saturated rings. The van der Waals surface area contributed by atoms with E-state index >= 15 is 0 Å². The zero-order valence-corrected chi connectivity index (χ0v) is 14.3. The lowest BCUT2D eigenvalue weighted by atomic mass is 10.4. The van der Waals surface area contributed by atoms with Crippen molar-refractivity contribution in [2.24, 2.45) is 0 Å². The molecule has 0 aromatic carbocycles. The van der Waals surface area contributed by atoms with E-state index in [0.717, 1.165) is 13.8 Å². The molecule has 0 aliphatic rings. The minimum absolute atomic E-state index is 0.625. The van der Waals surface area contributed by atoms with Crippen LogP contribution in [0.2, 0.25) is 0 Å². The van der Waals surface area contributed by atoms with Crippen molar-refractivity contribution in [1.29, 1.82) is 0 Å². The maximum Gasteiger partial charge on any atom is 0.383 e. The number of carbonyl (C=O) groups excluding carboxylic acids is 2. The molecule has 14 heteroatoms. The number of carbonyl (C=O) groups is 2. The Morgan fingerprint density at radius 3 is 1.33 bits per heavy atom. The molecule has 0 rings (SSSR count). The third-order valence-electron chi connectivity index (χ3n) is 2.26. The van der Waals surface area contributed by atoms with Gasteiger partial charge in [0.15, 0.2) is 12.2 Å². The van der Waals surface area contributed by atoms with Gasteiger partial charge in [-0.25, -0.2) is 19.4 Å². The van der Waals surface area contributed by atoms with Crippen molar-refractivity contribution in [2.45, 2.75) is 26.1 Å². The molecule has 0 aliphatic carbocycles. The second-order valence-corrected chi connectivity index (χ2v) is 7.29. The lowest BCUT2D eigenvalue weighted by molar-refractivity contribution is -0.270. The van der Waals surface area contributed by atoms with Gasteiger partial charge < -0.3 is 9.47 Å². The van der Waals surface area contributed by atoms with Gasteiger partial charge in [0.1, 0.15) is 11.5 Å². The van der Waals surface area contributed by atoms with Gasteiger partial charge in [0.05, 0.1) is 13.2 Å². The molecule has 0 aliphatic heterocycles. The molecule has 10 nitrogen and oxygen atoms in total. The van der Waals surface area contributed by atoms with Crippen LogP contribution in [0.15, 0.2) is 0 Å². The standard InChI is InChI=1S/C10H16F2O10S2/c1-7(19-3-5-23(11,15)16)9(13)21-22-10(14)8(2)20-4-6-24(12,17)18/h7-8H,3-6H2,1-2H3. The van der Waals surface area contributed by atoms with Crippen LogP contribution in [0, 0.1) is 0 Å². The average Bonchev–Trinajstić information content (AvgIpc) is 2.41. The zero-order chi connectivity index (χ0) is 19.0. The molecule has 0 radical (unpaired) electrons. The first-order chi connectivity index (χ1) is 10.8. The summed E-state index contributed by atoms with van der Waals surface area (Å²) in [6.07, 6.45) is -2.71. The lowest BCUT2D eigenvalue weighted by Crippen LogP contribution is -2.30. The Balaban J connectivity index is 4.08. The summed E-state index contributed by atoms with van der Waals surface area (Å²) in [4.78, 5) is 30.8. The van der Waals surface area contributed by atoms with Crippen LogP contribution >= 0.6 is 0 Å². The molecule has 24 heavy (non-hydrogen) atoms. The average molecular weight is 398 g/mol. The fourth-order valence-electron chi connectivity index (χ4n) is 1.00. The largest absolute Gasteiger partial charge is 0.383 e. The molecular formula is C10H16F2O10S2. The highest BCUT2D eigenvalue weighted by Crippen LogP contribution is 2.02. The van der Waals surface area contributed by atoms with Gasteiger partial charge in [0.25, 0.3) is 0 Å². The van der Waals surface area contributed by atoms with Gasteiger partial charge in [-0.3, -0.25) is 0 Å². The van der Waals surface area contributed by atoms with E-state index in [2.05, 4.69) is 19.2 Å². The Morgan fingerprint density at radius 2 is 1.08 bits per heavy atom. The second kappa shape index (κ2) is 9.80. The van der Waals surface area contributed by atoms with Gasteiger partial charge in [-0.05, 0) is 13.8 Å². The summed E-state index contributed by atoms with van der Waals surface area (Å²) in [6.45, 7) is 1.01. The van der Waals surface area contributed by atoms with E-state index in [1.54, 1.807) is 0 Å². The molecule has 2 atom stereocenters. The molecule has 0 aromatic rings. The number of hydrogen-bond acceptors (Lipinski definition) is 10. The minimum atomic E-state index is -4.75. The van der Waals surface area contributed by atoms with Gasteiger partial charge >= 0.3 is 32.4 Å². The van der Waals surface area contributed by atoms with Gasteiger partial charge in [-0.1, -0.05) is 0 Å². The number of hydrogen-bond donors (Lipinski definition) is 0. The van der Waals surface area contributed by atoms with Crippen molar-refractivity contribution in [3.63, 3.8) is 0 Å². The van der Waals surface area contributed by atoms with E-state index in [0.29, 0.717) is 0 Å². The van der Waals surface area contributed by atoms with Crippen molar-refractivity contribution < 1.29 is 53.4 Å². The maximum absolute atomic E-state index is 12.2. The molecule has 0 amide bonds. The van der Waals surface area contributed by atoms with Gasteiger partial charge in [-0.15, -0.1) is 7.77 Å². The van der Waals surface area contributed by atoms with Crippen LogP contribution in [0.4, 0.5) is 7.77 Å². The highest BCUT2D eigenvalue weighted by atomic mass is 32.3. The highest BCUT2D eigenvalue weighted by molar-refractivity contribution is 7.86. The first kappa shape index (κ1) is 22.6. The summed E-state index contributed by atoms with van der Waals surface area (Å²) in [7, 11) is -9.50. The summed E-state index contributed by atoms with van der Waals surface area (Å²) in [5.74, 6) is -4.35. The minimum Gasteiger partial charge on any atom is -0.365 e. The summed E-state index contributed by atoms with van der Waals surface area (Å²) < 4.78 is 74.5. The quantitative estimate of drug-likeness (QED) is 0.266. The number of rotatable bonds is 10. The lowest BCUT2D eigenvalue weighted by Gasteiger charge is -2.12. The Kier molecular flexibility index (Phi) is 9.24. The Bertz CT molecular complexity index is 574. The van der Waals surface area contributed by atoms with E-state index < -0.39 is 69.3 Å². The molecule has 0 aromatic heterocycles. The monoisotopic (exact) mass is 398 g/mol. The summed E-state index contributed by atoms with van der Waals surface area (Å²) in [5, 5.41) is 0. The van der Waals surface area contributed by atoms with Crippen LogP contribution in [-0.4, -0.2) is 65.7 Å². The first-order valence-electron chi connectivity index (χ1n) is 6.32. The molecule has 0 heterocycles. The molecule has 0 N–H and O–H groups in total. The Hall–Kier alpha value is -1.38. The topological polar surface area (TPSA) is 139 Å². The van der Waals surface area contributed by atoms with Crippen molar-refractivity contribution in [3.8, 4) is 0 Å². The van der Waals surface area contributed by atoms with Crippen LogP contribution < -0.4 is 0 Å². The third kappa shape index (κ3) is 12.1.